The molecule has 1 aromatic heterocycles. The number of aromatic nitrogens is 1. The molecule has 0 aliphatic carbocycles. The molecule has 0 bridgehead atoms. The van der Waals surface area contributed by atoms with E-state index < -0.39 is 0 Å². The smallest absolute Gasteiger partial charge is 0.242 e. The van der Waals surface area contributed by atoms with Gasteiger partial charge in [0.05, 0.1) is 0 Å². The fourth-order valence-corrected chi connectivity index (χ4v) is 2.78. The van der Waals surface area contributed by atoms with Crippen molar-refractivity contribution < 1.29 is 9.59 Å². The van der Waals surface area contributed by atoms with Crippen molar-refractivity contribution in [2.75, 3.05) is 26.2 Å². The maximum atomic E-state index is 12.4. The van der Waals surface area contributed by atoms with Gasteiger partial charge < -0.3 is 14.4 Å². The van der Waals surface area contributed by atoms with Crippen molar-refractivity contribution in [1.29, 1.82) is 0 Å². The predicted molar refractivity (Wildman–Crippen MR) is 81.2 cm³/mol. The van der Waals surface area contributed by atoms with Crippen LogP contribution in [0.1, 0.15) is 0 Å². The van der Waals surface area contributed by atoms with Gasteiger partial charge in [0.15, 0.2) is 0 Å². The van der Waals surface area contributed by atoms with E-state index in [1.165, 1.54) is 0 Å². The number of rotatable bonds is 3. The summed E-state index contributed by atoms with van der Waals surface area (Å²) >= 11 is 6.02. The SMILES string of the molecule is O=CN1CCN(C(=O)Cn2ccc3ccc(Cl)cc32)CC1. The van der Waals surface area contributed by atoms with Crippen LogP contribution in [0.25, 0.3) is 10.9 Å². The van der Waals surface area contributed by atoms with E-state index in [0.717, 1.165) is 17.3 Å². The molecule has 2 amide bonds. The Morgan fingerprint density at radius 2 is 1.95 bits per heavy atom. The second-order valence-electron chi connectivity index (χ2n) is 5.17. The Hall–Kier alpha value is -2.01. The monoisotopic (exact) mass is 305 g/mol. The minimum absolute atomic E-state index is 0.0676. The van der Waals surface area contributed by atoms with Crippen molar-refractivity contribution in [2.45, 2.75) is 6.54 Å². The van der Waals surface area contributed by atoms with Crippen LogP contribution in [-0.4, -0.2) is 52.9 Å². The van der Waals surface area contributed by atoms with Gasteiger partial charge in [-0.25, -0.2) is 0 Å². The number of hydrogen-bond acceptors (Lipinski definition) is 2. The lowest BCUT2D eigenvalue weighted by molar-refractivity contribution is -0.135. The predicted octanol–water partition coefficient (Wildman–Crippen LogP) is 1.60. The lowest BCUT2D eigenvalue weighted by Gasteiger charge is -2.32. The highest BCUT2D eigenvalue weighted by Gasteiger charge is 2.20. The minimum atomic E-state index is 0.0676. The summed E-state index contributed by atoms with van der Waals surface area (Å²) < 4.78 is 1.91. The van der Waals surface area contributed by atoms with Gasteiger partial charge in [-0.05, 0) is 23.6 Å². The number of hydrogen-bond donors (Lipinski definition) is 0. The van der Waals surface area contributed by atoms with Gasteiger partial charge in [-0.2, -0.15) is 0 Å². The Balaban J connectivity index is 1.72. The van der Waals surface area contributed by atoms with Gasteiger partial charge >= 0.3 is 0 Å². The van der Waals surface area contributed by atoms with Crippen LogP contribution >= 0.6 is 11.6 Å². The highest BCUT2D eigenvalue weighted by atomic mass is 35.5. The fraction of sp³-hybridized carbons (Fsp3) is 0.333. The molecule has 1 aromatic carbocycles. The summed E-state index contributed by atoms with van der Waals surface area (Å²) in [6.07, 6.45) is 2.74. The third-order valence-electron chi connectivity index (χ3n) is 3.86. The Morgan fingerprint density at radius 1 is 1.19 bits per heavy atom. The number of amides is 2. The summed E-state index contributed by atoms with van der Waals surface area (Å²) in [5.74, 6) is 0.0676. The fourth-order valence-electron chi connectivity index (χ4n) is 2.62. The molecule has 0 saturated carbocycles. The number of nitrogens with zero attached hydrogens (tertiary/aromatic N) is 3. The zero-order valence-electron chi connectivity index (χ0n) is 11.5. The van der Waals surface area contributed by atoms with Gasteiger partial charge in [-0.3, -0.25) is 9.59 Å². The van der Waals surface area contributed by atoms with Crippen LogP contribution in [0, 0.1) is 0 Å². The van der Waals surface area contributed by atoms with E-state index in [9.17, 15) is 9.59 Å². The van der Waals surface area contributed by atoms with E-state index >= 15 is 0 Å². The average Bonchev–Trinajstić information content (AvgIpc) is 2.89. The molecule has 21 heavy (non-hydrogen) atoms. The quantitative estimate of drug-likeness (QED) is 0.809. The maximum Gasteiger partial charge on any atom is 0.242 e. The van der Waals surface area contributed by atoms with E-state index in [4.69, 9.17) is 11.6 Å². The molecule has 0 atom stereocenters. The molecule has 1 fully saturated rings. The first-order valence-electron chi connectivity index (χ1n) is 6.89. The highest BCUT2D eigenvalue weighted by Crippen LogP contribution is 2.20. The first kappa shape index (κ1) is 13.9. The second-order valence-corrected chi connectivity index (χ2v) is 5.61. The molecule has 0 radical (unpaired) electrons. The Bertz CT molecular complexity index is 675. The lowest BCUT2D eigenvalue weighted by Crippen LogP contribution is -2.48. The molecule has 5 nitrogen and oxygen atoms in total. The zero-order chi connectivity index (χ0) is 14.8. The van der Waals surface area contributed by atoms with Crippen LogP contribution in [0.15, 0.2) is 30.5 Å². The van der Waals surface area contributed by atoms with Gasteiger partial charge in [0, 0.05) is 42.9 Å². The maximum absolute atomic E-state index is 12.4. The summed E-state index contributed by atoms with van der Waals surface area (Å²) in [4.78, 5) is 26.5. The summed E-state index contributed by atoms with van der Waals surface area (Å²) in [5.41, 5.74) is 0.961. The third kappa shape index (κ3) is 2.88. The number of piperazine rings is 1. The number of carbonyl (C=O) groups is 2. The molecule has 0 unspecified atom stereocenters. The van der Waals surface area contributed by atoms with E-state index in [0.29, 0.717) is 37.7 Å². The number of carbonyl (C=O) groups excluding carboxylic acids is 2. The van der Waals surface area contributed by atoms with Crippen molar-refractivity contribution in [3.05, 3.63) is 35.5 Å². The molecule has 6 heteroatoms. The molecule has 2 heterocycles. The molecule has 0 N–H and O–H groups in total. The number of benzene rings is 1. The van der Waals surface area contributed by atoms with Crippen LogP contribution in [0.2, 0.25) is 5.02 Å². The van der Waals surface area contributed by atoms with Gasteiger partial charge in [-0.15, -0.1) is 0 Å². The molecule has 110 valence electrons. The zero-order valence-corrected chi connectivity index (χ0v) is 12.3. The largest absolute Gasteiger partial charge is 0.342 e. The van der Waals surface area contributed by atoms with Crippen LogP contribution in [0.4, 0.5) is 0 Å². The van der Waals surface area contributed by atoms with Crippen LogP contribution in [-0.2, 0) is 16.1 Å². The Kier molecular flexibility index (Phi) is 3.84. The van der Waals surface area contributed by atoms with Crippen molar-refractivity contribution in [2.24, 2.45) is 0 Å². The Morgan fingerprint density at radius 3 is 2.67 bits per heavy atom. The normalized spacial score (nSPS) is 15.5. The van der Waals surface area contributed by atoms with Crippen molar-refractivity contribution >= 4 is 34.8 Å². The molecule has 1 aliphatic rings. The minimum Gasteiger partial charge on any atom is -0.342 e. The van der Waals surface area contributed by atoms with Crippen LogP contribution < -0.4 is 0 Å². The number of fused-ring (bicyclic) bond motifs is 1. The molecular formula is C15H16ClN3O2. The number of halogens is 1. The first-order chi connectivity index (χ1) is 10.2. The molecule has 3 rings (SSSR count). The van der Waals surface area contributed by atoms with E-state index in [2.05, 4.69) is 0 Å². The molecule has 2 aromatic rings. The van der Waals surface area contributed by atoms with Gasteiger partial charge in [0.25, 0.3) is 0 Å². The standard InChI is InChI=1S/C15H16ClN3O2/c16-13-2-1-12-3-4-19(14(12)9-13)10-15(21)18-7-5-17(11-20)6-8-18/h1-4,9,11H,5-8,10H2. The molecular weight excluding hydrogens is 290 g/mol. The lowest BCUT2D eigenvalue weighted by atomic mass is 10.2. The second kappa shape index (κ2) is 5.77. The van der Waals surface area contributed by atoms with Gasteiger partial charge in [0.1, 0.15) is 6.54 Å². The molecule has 1 aliphatic heterocycles. The van der Waals surface area contributed by atoms with Crippen molar-refractivity contribution in [3.8, 4) is 0 Å². The first-order valence-corrected chi connectivity index (χ1v) is 7.27. The van der Waals surface area contributed by atoms with Gasteiger partial charge in [-0.1, -0.05) is 17.7 Å². The topological polar surface area (TPSA) is 45.6 Å². The third-order valence-corrected chi connectivity index (χ3v) is 4.09. The van der Waals surface area contributed by atoms with E-state index in [1.807, 2.05) is 35.0 Å². The van der Waals surface area contributed by atoms with Crippen molar-refractivity contribution in [3.63, 3.8) is 0 Å². The summed E-state index contributed by atoms with van der Waals surface area (Å²) in [7, 11) is 0. The van der Waals surface area contributed by atoms with Gasteiger partial charge in [0.2, 0.25) is 12.3 Å². The van der Waals surface area contributed by atoms with E-state index in [-0.39, 0.29) is 5.91 Å². The molecule has 1 saturated heterocycles. The van der Waals surface area contributed by atoms with Crippen molar-refractivity contribution in [1.82, 2.24) is 14.4 Å². The van der Waals surface area contributed by atoms with Crippen LogP contribution in [0.5, 0.6) is 0 Å². The summed E-state index contributed by atoms with van der Waals surface area (Å²) in [6, 6.07) is 7.63. The molecule has 0 spiro atoms. The van der Waals surface area contributed by atoms with Crippen LogP contribution in [0.3, 0.4) is 0 Å². The van der Waals surface area contributed by atoms with E-state index in [1.54, 1.807) is 9.80 Å². The highest BCUT2D eigenvalue weighted by molar-refractivity contribution is 6.31. The Labute approximate surface area is 127 Å². The average molecular weight is 306 g/mol. The summed E-state index contributed by atoms with van der Waals surface area (Å²) in [5, 5.41) is 1.73. The summed E-state index contributed by atoms with van der Waals surface area (Å²) in [6.45, 7) is 2.70.